The van der Waals surface area contributed by atoms with Crippen LogP contribution < -0.4 is 4.90 Å². The maximum Gasteiger partial charge on any atom is 0.227 e. The van der Waals surface area contributed by atoms with Crippen molar-refractivity contribution >= 4 is 23.2 Å². The van der Waals surface area contributed by atoms with Crippen LogP contribution >= 0.6 is 11.6 Å². The summed E-state index contributed by atoms with van der Waals surface area (Å²) in [4.78, 5) is 12.9. The van der Waals surface area contributed by atoms with Crippen molar-refractivity contribution in [2.45, 2.75) is 6.42 Å². The number of hydrogen-bond donors (Lipinski definition) is 0. The second-order valence-corrected chi connectivity index (χ2v) is 4.13. The molecular weight excluding hydrogens is 236 g/mol. The third-order valence-corrected chi connectivity index (χ3v) is 3.06. The molecule has 0 saturated carbocycles. The molecule has 0 N–H and O–H groups in total. The van der Waals surface area contributed by atoms with E-state index in [1.54, 1.807) is 0 Å². The highest BCUT2D eigenvalue weighted by Gasteiger charge is 2.31. The van der Waals surface area contributed by atoms with Crippen molar-refractivity contribution in [1.29, 1.82) is 0 Å². The van der Waals surface area contributed by atoms with E-state index >= 15 is 0 Å². The summed E-state index contributed by atoms with van der Waals surface area (Å²) in [6.45, 7) is 0.394. The second kappa shape index (κ2) is 4.37. The lowest BCUT2D eigenvalue weighted by Crippen LogP contribution is -2.25. The lowest BCUT2D eigenvalue weighted by Gasteiger charge is -2.17. The first-order chi connectivity index (χ1) is 7.61. The van der Waals surface area contributed by atoms with Gasteiger partial charge in [-0.25, -0.2) is 8.78 Å². The van der Waals surface area contributed by atoms with E-state index in [1.165, 1.54) is 11.0 Å². The molecule has 2 rings (SSSR count). The lowest BCUT2D eigenvalue weighted by molar-refractivity contribution is -0.117. The molecule has 1 aliphatic heterocycles. The molecular formula is C11H10ClF2NO. The van der Waals surface area contributed by atoms with Crippen LogP contribution in [0.25, 0.3) is 0 Å². The van der Waals surface area contributed by atoms with E-state index in [4.69, 9.17) is 11.6 Å². The van der Waals surface area contributed by atoms with Crippen molar-refractivity contribution in [3.63, 3.8) is 0 Å². The Labute approximate surface area is 96.8 Å². The minimum atomic E-state index is -0.719. The van der Waals surface area contributed by atoms with Crippen LogP contribution in [0.5, 0.6) is 0 Å². The first kappa shape index (κ1) is 11.3. The minimum absolute atomic E-state index is 0.0404. The van der Waals surface area contributed by atoms with E-state index in [2.05, 4.69) is 0 Å². The number of alkyl halides is 1. The molecule has 1 heterocycles. The van der Waals surface area contributed by atoms with Crippen LogP contribution in [0.15, 0.2) is 18.2 Å². The van der Waals surface area contributed by atoms with Gasteiger partial charge in [-0.2, -0.15) is 0 Å². The zero-order valence-corrected chi connectivity index (χ0v) is 9.18. The van der Waals surface area contributed by atoms with Gasteiger partial charge in [0, 0.05) is 24.9 Å². The topological polar surface area (TPSA) is 20.3 Å². The van der Waals surface area contributed by atoms with E-state index in [0.717, 1.165) is 12.1 Å². The van der Waals surface area contributed by atoms with E-state index < -0.39 is 11.6 Å². The minimum Gasteiger partial charge on any atom is -0.309 e. The third-order valence-electron chi connectivity index (χ3n) is 2.62. The number of anilines is 1. The summed E-state index contributed by atoms with van der Waals surface area (Å²) in [5.41, 5.74) is 0.124. The molecule has 1 aliphatic rings. The third kappa shape index (κ3) is 2.02. The Kier molecular flexibility index (Phi) is 3.10. The molecule has 0 aliphatic carbocycles. The molecule has 0 spiro atoms. The Morgan fingerprint density at radius 1 is 1.44 bits per heavy atom. The highest BCUT2D eigenvalue weighted by Crippen LogP contribution is 2.28. The largest absolute Gasteiger partial charge is 0.309 e. The standard InChI is InChI=1S/C11H10ClF2NO/c12-5-7-3-11(16)15(6-7)10-2-1-8(13)4-9(10)14/h1-2,4,7H,3,5-6H2. The number of rotatable bonds is 2. The molecule has 1 unspecified atom stereocenters. The van der Waals surface area contributed by atoms with Gasteiger partial charge in [-0.1, -0.05) is 0 Å². The molecule has 1 amide bonds. The van der Waals surface area contributed by atoms with Gasteiger partial charge in [0.15, 0.2) is 0 Å². The Morgan fingerprint density at radius 2 is 2.19 bits per heavy atom. The molecule has 1 aromatic rings. The molecule has 2 nitrogen and oxygen atoms in total. The summed E-state index contributed by atoms with van der Waals surface area (Å²) < 4.78 is 26.1. The lowest BCUT2D eigenvalue weighted by atomic mass is 10.1. The Hall–Kier alpha value is -1.16. The van der Waals surface area contributed by atoms with Crippen molar-refractivity contribution < 1.29 is 13.6 Å². The monoisotopic (exact) mass is 245 g/mol. The average Bonchev–Trinajstić information content (AvgIpc) is 2.60. The second-order valence-electron chi connectivity index (χ2n) is 3.82. The number of nitrogens with zero attached hydrogens (tertiary/aromatic N) is 1. The van der Waals surface area contributed by atoms with Gasteiger partial charge in [0.2, 0.25) is 5.91 Å². The molecule has 0 aromatic heterocycles. The SMILES string of the molecule is O=C1CC(CCl)CN1c1ccc(F)cc1F. The normalized spacial score (nSPS) is 20.6. The summed E-state index contributed by atoms with van der Waals surface area (Å²) >= 11 is 5.66. The zero-order chi connectivity index (χ0) is 11.7. The molecule has 1 saturated heterocycles. The van der Waals surface area contributed by atoms with Crippen LogP contribution in [0.4, 0.5) is 14.5 Å². The molecule has 0 bridgehead atoms. The first-order valence-corrected chi connectivity index (χ1v) is 5.46. The summed E-state index contributed by atoms with van der Waals surface area (Å²) in [5, 5.41) is 0. The van der Waals surface area contributed by atoms with Crippen molar-refractivity contribution in [2.75, 3.05) is 17.3 Å². The molecule has 1 fully saturated rings. The van der Waals surface area contributed by atoms with Crippen LogP contribution in [-0.4, -0.2) is 18.3 Å². The summed E-state index contributed by atoms with van der Waals surface area (Å²) in [5.74, 6) is -1.13. The molecule has 1 aromatic carbocycles. The maximum atomic E-state index is 13.4. The van der Waals surface area contributed by atoms with Gasteiger partial charge < -0.3 is 4.90 Å². The fourth-order valence-corrected chi connectivity index (χ4v) is 2.02. The first-order valence-electron chi connectivity index (χ1n) is 4.93. The Morgan fingerprint density at radius 3 is 2.75 bits per heavy atom. The van der Waals surface area contributed by atoms with Gasteiger partial charge in [-0.3, -0.25) is 4.79 Å². The number of amides is 1. The summed E-state index contributed by atoms with van der Waals surface area (Å²) in [7, 11) is 0. The fourth-order valence-electron chi connectivity index (χ4n) is 1.82. The van der Waals surface area contributed by atoms with E-state index in [1.807, 2.05) is 0 Å². The van der Waals surface area contributed by atoms with E-state index in [9.17, 15) is 13.6 Å². The van der Waals surface area contributed by atoms with Gasteiger partial charge in [-0.15, -0.1) is 11.6 Å². The predicted molar refractivity (Wildman–Crippen MR) is 57.5 cm³/mol. The molecule has 16 heavy (non-hydrogen) atoms. The summed E-state index contributed by atoms with van der Waals surface area (Å²) in [6, 6.07) is 3.19. The van der Waals surface area contributed by atoms with Crippen LogP contribution in [-0.2, 0) is 4.79 Å². The van der Waals surface area contributed by atoms with Crippen LogP contribution in [0.1, 0.15) is 6.42 Å². The van der Waals surface area contributed by atoms with Crippen molar-refractivity contribution in [3.05, 3.63) is 29.8 Å². The number of carbonyl (C=O) groups excluding carboxylic acids is 1. The molecule has 5 heteroatoms. The van der Waals surface area contributed by atoms with Gasteiger partial charge >= 0.3 is 0 Å². The Bertz CT molecular complexity index is 424. The number of hydrogen-bond acceptors (Lipinski definition) is 1. The average molecular weight is 246 g/mol. The number of halogens is 3. The molecule has 86 valence electrons. The van der Waals surface area contributed by atoms with Crippen LogP contribution in [0.2, 0.25) is 0 Å². The van der Waals surface area contributed by atoms with E-state index in [-0.39, 0.29) is 17.5 Å². The number of benzene rings is 1. The van der Waals surface area contributed by atoms with Crippen LogP contribution in [0, 0.1) is 17.6 Å². The fraction of sp³-hybridized carbons (Fsp3) is 0.364. The highest BCUT2D eigenvalue weighted by molar-refractivity contribution is 6.18. The maximum absolute atomic E-state index is 13.4. The smallest absolute Gasteiger partial charge is 0.227 e. The summed E-state index contributed by atoms with van der Waals surface area (Å²) in [6.07, 6.45) is 0.320. The van der Waals surface area contributed by atoms with Gasteiger partial charge in [-0.05, 0) is 18.1 Å². The quantitative estimate of drug-likeness (QED) is 0.734. The van der Waals surface area contributed by atoms with E-state index in [0.29, 0.717) is 18.8 Å². The number of carbonyl (C=O) groups is 1. The van der Waals surface area contributed by atoms with Gasteiger partial charge in [0.1, 0.15) is 11.6 Å². The van der Waals surface area contributed by atoms with Crippen molar-refractivity contribution in [3.8, 4) is 0 Å². The highest BCUT2D eigenvalue weighted by atomic mass is 35.5. The van der Waals surface area contributed by atoms with Gasteiger partial charge in [0.05, 0.1) is 5.69 Å². The Balaban J connectivity index is 2.28. The van der Waals surface area contributed by atoms with Gasteiger partial charge in [0.25, 0.3) is 0 Å². The predicted octanol–water partition coefficient (Wildman–Crippen LogP) is 2.56. The zero-order valence-electron chi connectivity index (χ0n) is 8.42. The van der Waals surface area contributed by atoms with Crippen molar-refractivity contribution in [1.82, 2.24) is 0 Å². The molecule has 1 atom stereocenters. The molecule has 0 radical (unpaired) electrons. The van der Waals surface area contributed by atoms with Crippen LogP contribution in [0.3, 0.4) is 0 Å². The van der Waals surface area contributed by atoms with Crippen molar-refractivity contribution in [2.24, 2.45) is 5.92 Å².